The van der Waals surface area contributed by atoms with E-state index in [1.807, 2.05) is 17.5 Å². The second-order valence-electron chi connectivity index (χ2n) is 5.65. The number of amides is 1. The number of halogens is 1. The van der Waals surface area contributed by atoms with Gasteiger partial charge in [0.2, 0.25) is 5.91 Å². The highest BCUT2D eigenvalue weighted by atomic mass is 35.5. The quantitative estimate of drug-likeness (QED) is 0.585. The average molecular weight is 416 g/mol. The van der Waals surface area contributed by atoms with Gasteiger partial charge in [-0.05, 0) is 35.9 Å². The number of pyridine rings is 1. The second-order valence-corrected chi connectivity index (χ2v) is 7.00. The second kappa shape index (κ2) is 9.34. The maximum Gasteiger partial charge on any atom is 0.244 e. The first-order chi connectivity index (χ1) is 13.6. The van der Waals surface area contributed by atoms with Gasteiger partial charge in [-0.2, -0.15) is 0 Å². The summed E-state index contributed by atoms with van der Waals surface area (Å²) in [4.78, 5) is 20.6. The maximum atomic E-state index is 12.1. The third-order valence-corrected chi connectivity index (χ3v) is 4.95. The van der Waals surface area contributed by atoms with Gasteiger partial charge in [-0.25, -0.2) is 4.98 Å². The molecule has 1 amide bonds. The zero-order valence-corrected chi connectivity index (χ0v) is 16.9. The van der Waals surface area contributed by atoms with E-state index in [-0.39, 0.29) is 5.91 Å². The summed E-state index contributed by atoms with van der Waals surface area (Å²) in [7, 11) is 3.05. The number of nitrogens with zero attached hydrogens (tertiary/aromatic N) is 2. The minimum Gasteiger partial charge on any atom is -0.493 e. The summed E-state index contributed by atoms with van der Waals surface area (Å²) >= 11 is 7.67. The van der Waals surface area contributed by atoms with Gasteiger partial charge in [0.1, 0.15) is 5.01 Å². The van der Waals surface area contributed by atoms with Crippen molar-refractivity contribution >= 4 is 34.9 Å². The number of hydrogen-bond acceptors (Lipinski definition) is 6. The van der Waals surface area contributed by atoms with Crippen molar-refractivity contribution in [1.29, 1.82) is 0 Å². The third kappa shape index (κ3) is 4.88. The highest BCUT2D eigenvalue weighted by Crippen LogP contribution is 2.36. The summed E-state index contributed by atoms with van der Waals surface area (Å²) in [5.74, 6) is 0.729. The lowest BCUT2D eigenvalue weighted by Gasteiger charge is -2.10. The van der Waals surface area contributed by atoms with Crippen LogP contribution in [0.4, 0.5) is 0 Å². The molecule has 0 bridgehead atoms. The fraction of sp³-hybridized carbons (Fsp3) is 0.150. The van der Waals surface area contributed by atoms with E-state index < -0.39 is 0 Å². The SMILES string of the molecule is COc1cc(/C=C/C(=O)NCc2nc(-c3ccncc3)cs2)cc(Cl)c1OC. The maximum absolute atomic E-state index is 12.1. The molecular formula is C20H18ClN3O3S. The normalized spacial score (nSPS) is 10.8. The van der Waals surface area contributed by atoms with Crippen LogP contribution in [0.5, 0.6) is 11.5 Å². The Morgan fingerprint density at radius 1 is 1.25 bits per heavy atom. The molecule has 0 saturated heterocycles. The molecule has 0 spiro atoms. The van der Waals surface area contributed by atoms with Gasteiger partial charge < -0.3 is 14.8 Å². The van der Waals surface area contributed by atoms with Crippen molar-refractivity contribution in [3.8, 4) is 22.8 Å². The fourth-order valence-electron chi connectivity index (χ4n) is 2.48. The van der Waals surface area contributed by atoms with Gasteiger partial charge >= 0.3 is 0 Å². The molecule has 144 valence electrons. The molecule has 0 fully saturated rings. The van der Waals surface area contributed by atoms with Crippen LogP contribution in [0.25, 0.3) is 17.3 Å². The largest absolute Gasteiger partial charge is 0.493 e. The molecule has 0 atom stereocenters. The number of benzene rings is 1. The molecule has 2 aromatic heterocycles. The number of carbonyl (C=O) groups is 1. The zero-order valence-electron chi connectivity index (χ0n) is 15.3. The van der Waals surface area contributed by atoms with E-state index in [9.17, 15) is 4.79 Å². The predicted octanol–water partition coefficient (Wildman–Crippen LogP) is 4.21. The third-order valence-electron chi connectivity index (χ3n) is 3.82. The van der Waals surface area contributed by atoms with Crippen LogP contribution in [0.1, 0.15) is 10.6 Å². The summed E-state index contributed by atoms with van der Waals surface area (Å²) in [5.41, 5.74) is 2.59. The van der Waals surface area contributed by atoms with Crippen molar-refractivity contribution in [3.05, 3.63) is 63.7 Å². The lowest BCUT2D eigenvalue weighted by atomic mass is 10.2. The first kappa shape index (κ1) is 19.9. The molecule has 8 heteroatoms. The van der Waals surface area contributed by atoms with E-state index in [2.05, 4.69) is 15.3 Å². The fourth-order valence-corrected chi connectivity index (χ4v) is 3.51. The molecule has 0 aliphatic carbocycles. The molecule has 3 rings (SSSR count). The van der Waals surface area contributed by atoms with Crippen molar-refractivity contribution in [1.82, 2.24) is 15.3 Å². The molecule has 28 heavy (non-hydrogen) atoms. The van der Waals surface area contributed by atoms with Gasteiger partial charge in [0.15, 0.2) is 11.5 Å². The topological polar surface area (TPSA) is 73.3 Å². The van der Waals surface area contributed by atoms with Crippen molar-refractivity contribution in [2.75, 3.05) is 14.2 Å². The molecule has 2 heterocycles. The molecule has 1 aromatic carbocycles. The van der Waals surface area contributed by atoms with Crippen LogP contribution in [-0.4, -0.2) is 30.1 Å². The summed E-state index contributed by atoms with van der Waals surface area (Å²) in [5, 5.41) is 6.01. The first-order valence-corrected chi connectivity index (χ1v) is 9.58. The number of aromatic nitrogens is 2. The molecule has 6 nitrogen and oxygen atoms in total. The van der Waals surface area contributed by atoms with Gasteiger partial charge in [-0.3, -0.25) is 9.78 Å². The van der Waals surface area contributed by atoms with Gasteiger partial charge in [0, 0.05) is 29.4 Å². The minimum absolute atomic E-state index is 0.230. The summed E-state index contributed by atoms with van der Waals surface area (Å²) in [6.07, 6.45) is 6.55. The molecule has 3 aromatic rings. The highest BCUT2D eigenvalue weighted by Gasteiger charge is 2.10. The molecule has 0 unspecified atom stereocenters. The number of rotatable bonds is 7. The van der Waals surface area contributed by atoms with E-state index in [1.165, 1.54) is 31.6 Å². The predicted molar refractivity (Wildman–Crippen MR) is 111 cm³/mol. The van der Waals surface area contributed by atoms with Crippen molar-refractivity contribution in [3.63, 3.8) is 0 Å². The van der Waals surface area contributed by atoms with Crippen LogP contribution in [0.2, 0.25) is 5.02 Å². The molecule has 0 aliphatic heterocycles. The lowest BCUT2D eigenvalue weighted by Crippen LogP contribution is -2.20. The first-order valence-electron chi connectivity index (χ1n) is 8.33. The highest BCUT2D eigenvalue weighted by molar-refractivity contribution is 7.09. The Morgan fingerprint density at radius 3 is 2.75 bits per heavy atom. The number of nitrogens with one attached hydrogen (secondary N) is 1. The smallest absolute Gasteiger partial charge is 0.244 e. The standard InChI is InChI=1S/C20H18ClN3O3S/c1-26-17-10-13(9-15(21)20(17)27-2)3-4-18(25)23-11-19-24-16(12-28-19)14-5-7-22-8-6-14/h3-10,12H,11H2,1-2H3,(H,23,25)/b4-3+. The number of thiazole rings is 1. The number of methoxy groups -OCH3 is 2. The Morgan fingerprint density at radius 2 is 2.04 bits per heavy atom. The van der Waals surface area contributed by atoms with E-state index >= 15 is 0 Å². The number of carbonyl (C=O) groups excluding carboxylic acids is 1. The Labute approximate surface area is 171 Å². The Bertz CT molecular complexity index is 990. The van der Waals surface area contributed by atoms with Crippen LogP contribution in [-0.2, 0) is 11.3 Å². The average Bonchev–Trinajstić information content (AvgIpc) is 3.20. The minimum atomic E-state index is -0.230. The molecule has 1 N–H and O–H groups in total. The van der Waals surface area contributed by atoms with Crippen LogP contribution in [0.15, 0.2) is 48.1 Å². The van der Waals surface area contributed by atoms with Crippen LogP contribution in [0.3, 0.4) is 0 Å². The molecule has 0 saturated carbocycles. The van der Waals surface area contributed by atoms with Gasteiger partial charge in [0.05, 0.1) is 31.5 Å². The van der Waals surface area contributed by atoms with Crippen molar-refractivity contribution < 1.29 is 14.3 Å². The van der Waals surface area contributed by atoms with Crippen LogP contribution < -0.4 is 14.8 Å². The summed E-state index contributed by atoms with van der Waals surface area (Å²) in [6, 6.07) is 7.24. The Balaban J connectivity index is 1.60. The summed E-state index contributed by atoms with van der Waals surface area (Å²) in [6.45, 7) is 0.353. The lowest BCUT2D eigenvalue weighted by molar-refractivity contribution is -0.116. The number of hydrogen-bond donors (Lipinski definition) is 1. The van der Waals surface area contributed by atoms with Crippen LogP contribution >= 0.6 is 22.9 Å². The van der Waals surface area contributed by atoms with Gasteiger partial charge in [0.25, 0.3) is 0 Å². The van der Waals surface area contributed by atoms with E-state index in [0.29, 0.717) is 23.1 Å². The molecule has 0 radical (unpaired) electrons. The van der Waals surface area contributed by atoms with Crippen molar-refractivity contribution in [2.45, 2.75) is 6.54 Å². The zero-order chi connectivity index (χ0) is 19.9. The summed E-state index contributed by atoms with van der Waals surface area (Å²) < 4.78 is 10.5. The van der Waals surface area contributed by atoms with E-state index in [1.54, 1.807) is 30.6 Å². The Hall–Kier alpha value is -2.90. The Kier molecular flexibility index (Phi) is 6.62. The number of ether oxygens (including phenoxy) is 2. The van der Waals surface area contributed by atoms with Crippen LogP contribution in [0, 0.1) is 0 Å². The van der Waals surface area contributed by atoms with Gasteiger partial charge in [-0.15, -0.1) is 11.3 Å². The van der Waals surface area contributed by atoms with Gasteiger partial charge in [-0.1, -0.05) is 11.6 Å². The monoisotopic (exact) mass is 415 g/mol. The molecule has 0 aliphatic rings. The molecular weight excluding hydrogens is 398 g/mol. The van der Waals surface area contributed by atoms with Crippen molar-refractivity contribution in [2.24, 2.45) is 0 Å². The van der Waals surface area contributed by atoms with E-state index in [0.717, 1.165) is 21.8 Å². The van der Waals surface area contributed by atoms with E-state index in [4.69, 9.17) is 21.1 Å².